The second-order valence-electron chi connectivity index (χ2n) is 7.56. The minimum Gasteiger partial charge on any atom is -0.381 e. The lowest BCUT2D eigenvalue weighted by Gasteiger charge is -2.47. The van der Waals surface area contributed by atoms with Crippen molar-refractivity contribution in [3.63, 3.8) is 0 Å². The molecule has 1 aromatic rings. The van der Waals surface area contributed by atoms with Crippen molar-refractivity contribution < 1.29 is 9.47 Å². The number of rotatable bonds is 6. The first kappa shape index (κ1) is 16.9. The maximum Gasteiger partial charge on any atom is 0.0680 e. The average molecular weight is 352 g/mol. The van der Waals surface area contributed by atoms with E-state index < -0.39 is 0 Å². The van der Waals surface area contributed by atoms with Crippen LogP contribution in [0.4, 0.5) is 0 Å². The first-order valence-electron chi connectivity index (χ1n) is 9.32. The van der Waals surface area contributed by atoms with Gasteiger partial charge in [0.05, 0.1) is 12.3 Å². The van der Waals surface area contributed by atoms with E-state index in [9.17, 15) is 0 Å². The van der Waals surface area contributed by atoms with Crippen LogP contribution in [0.1, 0.15) is 31.7 Å². The molecule has 24 heavy (non-hydrogen) atoms. The molecule has 0 saturated carbocycles. The van der Waals surface area contributed by atoms with Gasteiger partial charge in [-0.05, 0) is 32.1 Å². The predicted molar refractivity (Wildman–Crippen MR) is 96.3 cm³/mol. The van der Waals surface area contributed by atoms with Gasteiger partial charge < -0.3 is 9.47 Å². The van der Waals surface area contributed by atoms with Crippen LogP contribution in [0.15, 0.2) is 12.4 Å². The lowest BCUT2D eigenvalue weighted by molar-refractivity contribution is -0.0133. The van der Waals surface area contributed by atoms with E-state index in [1.54, 1.807) is 0 Å². The Morgan fingerprint density at radius 2 is 2.21 bits per heavy atom. The van der Waals surface area contributed by atoms with Crippen LogP contribution in [0.3, 0.4) is 0 Å². The van der Waals surface area contributed by atoms with Crippen LogP contribution < -0.4 is 0 Å². The third-order valence-corrected chi connectivity index (χ3v) is 7.10. The van der Waals surface area contributed by atoms with Gasteiger partial charge in [-0.1, -0.05) is 0 Å². The first-order chi connectivity index (χ1) is 11.7. The number of hydrogen-bond donors (Lipinski definition) is 0. The zero-order valence-corrected chi connectivity index (χ0v) is 15.5. The minimum atomic E-state index is 0.459. The first-order valence-corrected chi connectivity index (χ1v) is 10.3. The fourth-order valence-corrected chi connectivity index (χ4v) is 5.72. The predicted octanol–water partition coefficient (Wildman–Crippen LogP) is 2.41. The fourth-order valence-electron chi connectivity index (χ4n) is 4.11. The van der Waals surface area contributed by atoms with Crippen LogP contribution in [-0.2, 0) is 22.6 Å². The van der Waals surface area contributed by atoms with Crippen molar-refractivity contribution in [2.75, 3.05) is 38.7 Å². The molecular weight excluding hydrogens is 322 g/mol. The quantitative estimate of drug-likeness (QED) is 0.787. The van der Waals surface area contributed by atoms with Crippen LogP contribution in [0.5, 0.6) is 0 Å². The summed E-state index contributed by atoms with van der Waals surface area (Å²) in [4.78, 5) is 2.55. The molecule has 5 nitrogen and oxygen atoms in total. The number of aromatic nitrogens is 2. The molecular formula is C18H29N3O2S. The molecule has 0 radical (unpaired) electrons. The molecule has 0 aliphatic carbocycles. The largest absolute Gasteiger partial charge is 0.381 e. The van der Waals surface area contributed by atoms with E-state index in [1.807, 2.05) is 10.9 Å². The monoisotopic (exact) mass is 351 g/mol. The lowest BCUT2D eigenvalue weighted by atomic mass is 9.92. The second-order valence-corrected chi connectivity index (χ2v) is 9.05. The summed E-state index contributed by atoms with van der Waals surface area (Å²) in [7, 11) is 0. The van der Waals surface area contributed by atoms with Gasteiger partial charge in [-0.15, -0.1) is 11.8 Å². The van der Waals surface area contributed by atoms with Gasteiger partial charge in [0, 0.05) is 68.3 Å². The van der Waals surface area contributed by atoms with Gasteiger partial charge in [-0.2, -0.15) is 5.10 Å². The summed E-state index contributed by atoms with van der Waals surface area (Å²) in [6, 6.07) is 0. The summed E-state index contributed by atoms with van der Waals surface area (Å²) >= 11 is 2.14. The Balaban J connectivity index is 1.18. The van der Waals surface area contributed by atoms with Crippen molar-refractivity contribution in [2.24, 2.45) is 5.92 Å². The molecule has 6 heteroatoms. The van der Waals surface area contributed by atoms with Crippen LogP contribution in [-0.4, -0.2) is 64.2 Å². The molecule has 134 valence electrons. The van der Waals surface area contributed by atoms with Gasteiger partial charge in [0.2, 0.25) is 0 Å². The molecule has 3 fully saturated rings. The second kappa shape index (κ2) is 7.36. The van der Waals surface area contributed by atoms with E-state index in [4.69, 9.17) is 9.47 Å². The van der Waals surface area contributed by atoms with Gasteiger partial charge in [0.25, 0.3) is 0 Å². The topological polar surface area (TPSA) is 39.5 Å². The highest BCUT2D eigenvalue weighted by molar-refractivity contribution is 8.01. The number of aryl methyl sites for hydroxylation is 1. The van der Waals surface area contributed by atoms with Gasteiger partial charge in [0.15, 0.2) is 0 Å². The smallest absolute Gasteiger partial charge is 0.0680 e. The highest BCUT2D eigenvalue weighted by Gasteiger charge is 2.49. The number of hydrogen-bond acceptors (Lipinski definition) is 5. The maximum atomic E-state index is 6.24. The Hall–Kier alpha value is -0.560. The summed E-state index contributed by atoms with van der Waals surface area (Å²) in [6.07, 6.45) is 8.21. The molecule has 3 aliphatic heterocycles. The Bertz CT molecular complexity index is 538. The molecule has 1 atom stereocenters. The molecule has 0 N–H and O–H groups in total. The van der Waals surface area contributed by atoms with E-state index in [1.165, 1.54) is 43.7 Å². The Labute approximate surface area is 149 Å². The normalized spacial score (nSPS) is 27.6. The summed E-state index contributed by atoms with van der Waals surface area (Å²) in [5, 5.41) is 4.37. The van der Waals surface area contributed by atoms with Crippen LogP contribution in [0.25, 0.3) is 0 Å². The van der Waals surface area contributed by atoms with E-state index in [-0.39, 0.29) is 0 Å². The standard InChI is InChI=1S/C18H29N3O2S/c1-2-21-10-16(8-19-21)9-20-13-18(14-20)7-17(12-24-18)23-11-15-3-5-22-6-4-15/h8,10,15,17H,2-7,9,11-14H2,1H3/t17-/m1/s1. The lowest BCUT2D eigenvalue weighted by Crippen LogP contribution is -2.58. The van der Waals surface area contributed by atoms with E-state index in [0.717, 1.165) is 32.9 Å². The van der Waals surface area contributed by atoms with Crippen molar-refractivity contribution in [3.05, 3.63) is 18.0 Å². The Morgan fingerprint density at radius 3 is 2.96 bits per heavy atom. The zero-order chi connectivity index (χ0) is 16.4. The van der Waals surface area contributed by atoms with Gasteiger partial charge in [0.1, 0.15) is 0 Å². The van der Waals surface area contributed by atoms with Crippen LogP contribution >= 0.6 is 11.8 Å². The van der Waals surface area contributed by atoms with Crippen LogP contribution in [0.2, 0.25) is 0 Å². The maximum absolute atomic E-state index is 6.24. The SMILES string of the molecule is CCn1cc(CN2CC3(C[C@@H](OCC4CCOCC4)CS3)C2)cn1. The molecule has 3 aliphatic rings. The van der Waals surface area contributed by atoms with Crippen molar-refractivity contribution in [1.82, 2.24) is 14.7 Å². The number of thioether (sulfide) groups is 1. The average Bonchev–Trinajstić information content (AvgIpc) is 3.21. The van der Waals surface area contributed by atoms with E-state index in [0.29, 0.717) is 16.8 Å². The third-order valence-electron chi connectivity index (χ3n) is 5.52. The number of likely N-dealkylation sites (tertiary alicyclic amines) is 1. The molecule has 3 saturated heterocycles. The highest BCUT2D eigenvalue weighted by atomic mass is 32.2. The van der Waals surface area contributed by atoms with Crippen LogP contribution in [0, 0.1) is 5.92 Å². The molecule has 0 aromatic carbocycles. The van der Waals surface area contributed by atoms with Gasteiger partial charge in [-0.25, -0.2) is 0 Å². The third kappa shape index (κ3) is 3.82. The van der Waals surface area contributed by atoms with Crippen molar-refractivity contribution in [1.29, 1.82) is 0 Å². The highest BCUT2D eigenvalue weighted by Crippen LogP contribution is 2.46. The molecule has 0 bridgehead atoms. The van der Waals surface area contributed by atoms with E-state index in [2.05, 4.69) is 34.9 Å². The summed E-state index contributed by atoms with van der Waals surface area (Å²) in [5.41, 5.74) is 1.34. The number of ether oxygens (including phenoxy) is 2. The fraction of sp³-hybridized carbons (Fsp3) is 0.833. The van der Waals surface area contributed by atoms with Gasteiger partial charge >= 0.3 is 0 Å². The van der Waals surface area contributed by atoms with E-state index >= 15 is 0 Å². The van der Waals surface area contributed by atoms with Crippen molar-refractivity contribution in [3.8, 4) is 0 Å². The molecule has 1 aromatic heterocycles. The summed E-state index contributed by atoms with van der Waals surface area (Å²) < 4.78 is 14.1. The molecule has 1 spiro atoms. The van der Waals surface area contributed by atoms with Gasteiger partial charge in [-0.3, -0.25) is 9.58 Å². The Kier molecular flexibility index (Phi) is 5.18. The number of nitrogens with zero attached hydrogens (tertiary/aromatic N) is 3. The van der Waals surface area contributed by atoms with Crippen molar-refractivity contribution in [2.45, 2.75) is 50.1 Å². The molecule has 4 rings (SSSR count). The minimum absolute atomic E-state index is 0.459. The summed E-state index contributed by atoms with van der Waals surface area (Å²) in [6.45, 7) is 9.29. The molecule has 0 amide bonds. The molecule has 0 unspecified atom stereocenters. The van der Waals surface area contributed by atoms with Crippen molar-refractivity contribution >= 4 is 11.8 Å². The zero-order valence-electron chi connectivity index (χ0n) is 14.7. The summed E-state index contributed by atoms with van der Waals surface area (Å²) in [5.74, 6) is 1.89. The Morgan fingerprint density at radius 1 is 1.38 bits per heavy atom. The molecule has 4 heterocycles.